The largest absolute Gasteiger partial charge is 0.356 e. The maximum Gasteiger partial charge on any atom is 0.246 e. The van der Waals surface area contributed by atoms with Crippen molar-refractivity contribution in [2.75, 3.05) is 13.1 Å². The van der Waals surface area contributed by atoms with Gasteiger partial charge in [0, 0.05) is 25.6 Å². The van der Waals surface area contributed by atoms with Crippen LogP contribution in [0.3, 0.4) is 0 Å². The zero-order chi connectivity index (χ0) is 13.0. The van der Waals surface area contributed by atoms with E-state index in [9.17, 15) is 9.59 Å². The van der Waals surface area contributed by atoms with E-state index in [2.05, 4.69) is 17.2 Å². The van der Waals surface area contributed by atoms with Crippen molar-refractivity contribution in [2.24, 2.45) is 0 Å². The Morgan fingerprint density at radius 3 is 1.81 bits per heavy atom. The summed E-state index contributed by atoms with van der Waals surface area (Å²) < 4.78 is 0. The topological polar surface area (TPSA) is 58.2 Å². The van der Waals surface area contributed by atoms with Crippen molar-refractivity contribution < 1.29 is 9.59 Å². The monoisotopic (exact) mass is 228 g/mol. The van der Waals surface area contributed by atoms with Crippen LogP contribution in [0.1, 0.15) is 40.5 Å². The molecule has 94 valence electrons. The van der Waals surface area contributed by atoms with Gasteiger partial charge in [-0.25, -0.2) is 0 Å². The lowest BCUT2D eigenvalue weighted by Gasteiger charge is -2.04. The second-order valence-electron chi connectivity index (χ2n) is 3.23. The molecule has 0 bridgehead atoms. The number of carbonyl (C=O) groups is 2. The van der Waals surface area contributed by atoms with Gasteiger partial charge in [0.2, 0.25) is 11.8 Å². The predicted molar refractivity (Wildman–Crippen MR) is 67.1 cm³/mol. The molecule has 4 nitrogen and oxygen atoms in total. The molecule has 0 aromatic rings. The number of hydrogen-bond donors (Lipinski definition) is 2. The average Bonchev–Trinajstić information content (AvgIpc) is 2.25. The summed E-state index contributed by atoms with van der Waals surface area (Å²) in [6, 6.07) is 0. The molecule has 16 heavy (non-hydrogen) atoms. The Balaban J connectivity index is 0. The lowest BCUT2D eigenvalue weighted by Crippen LogP contribution is -2.26. The summed E-state index contributed by atoms with van der Waals surface area (Å²) in [4.78, 5) is 21.5. The Morgan fingerprint density at radius 2 is 1.44 bits per heavy atom. The lowest BCUT2D eigenvalue weighted by molar-refractivity contribution is -0.119. The van der Waals surface area contributed by atoms with Crippen LogP contribution in [-0.2, 0) is 9.59 Å². The second-order valence-corrected chi connectivity index (χ2v) is 3.23. The molecule has 0 unspecified atom stereocenters. The molecule has 0 aromatic carbocycles. The molecule has 0 radical (unpaired) electrons. The van der Waals surface area contributed by atoms with Crippen LogP contribution >= 0.6 is 0 Å². The van der Waals surface area contributed by atoms with Crippen molar-refractivity contribution in [1.82, 2.24) is 10.6 Å². The fourth-order valence-electron chi connectivity index (χ4n) is 0.867. The number of unbranched alkanes of at least 4 members (excludes halogenated alkanes) is 1. The van der Waals surface area contributed by atoms with E-state index < -0.39 is 0 Å². The highest BCUT2D eigenvalue weighted by atomic mass is 16.2. The molecule has 0 fully saturated rings. The Labute approximate surface area is 98.5 Å². The van der Waals surface area contributed by atoms with Gasteiger partial charge in [-0.1, -0.05) is 20.4 Å². The molecule has 0 aliphatic rings. The first-order chi connectivity index (χ1) is 7.54. The van der Waals surface area contributed by atoms with Gasteiger partial charge in [-0.05, 0) is 19.8 Å². The third kappa shape index (κ3) is 12.7. The summed E-state index contributed by atoms with van der Waals surface area (Å²) in [5.74, 6) is -0.125. The standard InChI is InChI=1S/C10H18N2O2.C2H6/c1-8(2)10(14)12-7-5-4-6-11-9(3)13;1-2/h1,4-7H2,2-3H3,(H,11,13)(H,12,14);1-2H3. The van der Waals surface area contributed by atoms with Crippen LogP contribution in [0.25, 0.3) is 0 Å². The van der Waals surface area contributed by atoms with Crippen molar-refractivity contribution in [3.8, 4) is 0 Å². The molecule has 0 heterocycles. The first-order valence-corrected chi connectivity index (χ1v) is 5.72. The maximum absolute atomic E-state index is 11.0. The minimum atomic E-state index is -0.107. The number of hydrogen-bond acceptors (Lipinski definition) is 2. The van der Waals surface area contributed by atoms with Crippen LogP contribution in [0.15, 0.2) is 12.2 Å². The van der Waals surface area contributed by atoms with Gasteiger partial charge in [-0.3, -0.25) is 9.59 Å². The number of rotatable bonds is 6. The van der Waals surface area contributed by atoms with Crippen molar-refractivity contribution in [1.29, 1.82) is 0 Å². The summed E-state index contributed by atoms with van der Waals surface area (Å²) in [7, 11) is 0. The molecule has 0 atom stereocenters. The molecule has 0 aromatic heterocycles. The van der Waals surface area contributed by atoms with Crippen LogP contribution in [0.2, 0.25) is 0 Å². The van der Waals surface area contributed by atoms with Gasteiger partial charge in [-0.15, -0.1) is 0 Å². The summed E-state index contributed by atoms with van der Waals surface area (Å²) >= 11 is 0. The van der Waals surface area contributed by atoms with E-state index in [1.807, 2.05) is 13.8 Å². The van der Waals surface area contributed by atoms with Crippen molar-refractivity contribution in [2.45, 2.75) is 40.5 Å². The van der Waals surface area contributed by atoms with E-state index in [0.29, 0.717) is 18.7 Å². The van der Waals surface area contributed by atoms with E-state index in [-0.39, 0.29) is 11.8 Å². The first kappa shape index (κ1) is 17.1. The van der Waals surface area contributed by atoms with Gasteiger partial charge in [0.25, 0.3) is 0 Å². The third-order valence-electron chi connectivity index (χ3n) is 1.65. The zero-order valence-electron chi connectivity index (χ0n) is 10.9. The number of amides is 2. The highest BCUT2D eigenvalue weighted by Crippen LogP contribution is 1.88. The normalized spacial score (nSPS) is 8.50. The fraction of sp³-hybridized carbons (Fsp3) is 0.667. The van der Waals surface area contributed by atoms with E-state index in [0.717, 1.165) is 12.8 Å². The maximum atomic E-state index is 11.0. The molecule has 2 amide bonds. The van der Waals surface area contributed by atoms with Crippen molar-refractivity contribution >= 4 is 11.8 Å². The highest BCUT2D eigenvalue weighted by Gasteiger charge is 1.99. The van der Waals surface area contributed by atoms with Gasteiger partial charge >= 0.3 is 0 Å². The van der Waals surface area contributed by atoms with Gasteiger partial charge in [0.05, 0.1) is 0 Å². The minimum absolute atomic E-state index is 0.0176. The molecule has 0 aliphatic heterocycles. The smallest absolute Gasteiger partial charge is 0.246 e. The highest BCUT2D eigenvalue weighted by molar-refractivity contribution is 5.91. The van der Waals surface area contributed by atoms with Crippen LogP contribution < -0.4 is 10.6 Å². The van der Waals surface area contributed by atoms with Crippen LogP contribution in [-0.4, -0.2) is 24.9 Å². The zero-order valence-corrected chi connectivity index (χ0v) is 10.9. The molecule has 4 heteroatoms. The Bertz CT molecular complexity index is 225. The molecule has 2 N–H and O–H groups in total. The van der Waals surface area contributed by atoms with Gasteiger partial charge in [0.1, 0.15) is 0 Å². The molecular formula is C12H24N2O2. The molecule has 0 rings (SSSR count). The molecule has 0 spiro atoms. The van der Waals surface area contributed by atoms with E-state index in [1.54, 1.807) is 6.92 Å². The molecule has 0 saturated carbocycles. The Morgan fingerprint density at radius 1 is 1.00 bits per heavy atom. The summed E-state index contributed by atoms with van der Waals surface area (Å²) in [5.41, 5.74) is 0.520. The van der Waals surface area contributed by atoms with Gasteiger partial charge in [-0.2, -0.15) is 0 Å². The van der Waals surface area contributed by atoms with Gasteiger partial charge in [0.15, 0.2) is 0 Å². The first-order valence-electron chi connectivity index (χ1n) is 5.72. The molecule has 0 saturated heterocycles. The summed E-state index contributed by atoms with van der Waals surface area (Å²) in [5, 5.41) is 5.41. The van der Waals surface area contributed by atoms with Crippen LogP contribution in [0.5, 0.6) is 0 Å². The summed E-state index contributed by atoms with van der Waals surface area (Å²) in [6.07, 6.45) is 1.73. The van der Waals surface area contributed by atoms with E-state index in [4.69, 9.17) is 0 Å². The quantitative estimate of drug-likeness (QED) is 0.536. The second kappa shape index (κ2) is 11.8. The van der Waals surface area contributed by atoms with Crippen molar-refractivity contribution in [3.63, 3.8) is 0 Å². The molecule has 0 aliphatic carbocycles. The fourth-order valence-corrected chi connectivity index (χ4v) is 0.867. The number of nitrogens with one attached hydrogen (secondary N) is 2. The van der Waals surface area contributed by atoms with E-state index in [1.165, 1.54) is 6.92 Å². The Kier molecular flexibility index (Phi) is 12.6. The average molecular weight is 228 g/mol. The van der Waals surface area contributed by atoms with Crippen LogP contribution in [0.4, 0.5) is 0 Å². The third-order valence-corrected chi connectivity index (χ3v) is 1.65. The Hall–Kier alpha value is -1.32. The predicted octanol–water partition coefficient (Wildman–Crippen LogP) is 1.62. The van der Waals surface area contributed by atoms with Gasteiger partial charge < -0.3 is 10.6 Å². The van der Waals surface area contributed by atoms with E-state index >= 15 is 0 Å². The lowest BCUT2D eigenvalue weighted by atomic mass is 10.3. The number of carbonyl (C=O) groups excluding carboxylic acids is 2. The minimum Gasteiger partial charge on any atom is -0.356 e. The van der Waals surface area contributed by atoms with Crippen molar-refractivity contribution in [3.05, 3.63) is 12.2 Å². The van der Waals surface area contributed by atoms with Crippen LogP contribution in [0, 0.1) is 0 Å². The summed E-state index contributed by atoms with van der Waals surface area (Å²) in [6.45, 7) is 12.0. The SMILES string of the molecule is C=C(C)C(=O)NCCCCNC(C)=O.CC. The molecular weight excluding hydrogens is 204 g/mol.